The Morgan fingerprint density at radius 2 is 1.97 bits per heavy atom. The van der Waals surface area contributed by atoms with Crippen LogP contribution >= 0.6 is 0 Å². The van der Waals surface area contributed by atoms with Crippen molar-refractivity contribution >= 4 is 5.91 Å². The molecule has 0 bridgehead atoms. The van der Waals surface area contributed by atoms with Gasteiger partial charge in [-0.3, -0.25) is 9.89 Å². The van der Waals surface area contributed by atoms with Crippen LogP contribution in [0.3, 0.4) is 0 Å². The zero-order valence-corrected chi connectivity index (χ0v) is 18.4. The average molecular weight is 421 g/mol. The van der Waals surface area contributed by atoms with Gasteiger partial charge in [0, 0.05) is 23.1 Å². The van der Waals surface area contributed by atoms with Gasteiger partial charge in [0.05, 0.1) is 26.0 Å². The second-order valence-corrected chi connectivity index (χ2v) is 8.27. The first-order valence-electron chi connectivity index (χ1n) is 10.2. The quantitative estimate of drug-likeness (QED) is 0.636. The van der Waals surface area contributed by atoms with Crippen LogP contribution in [0.15, 0.2) is 42.5 Å². The second-order valence-electron chi connectivity index (χ2n) is 8.27. The molecule has 7 heteroatoms. The molecule has 2 heterocycles. The number of hydrogen-bond acceptors (Lipinski definition) is 5. The Bertz CT molecular complexity index is 1120. The molecule has 0 fully saturated rings. The van der Waals surface area contributed by atoms with Gasteiger partial charge in [0.2, 0.25) is 0 Å². The van der Waals surface area contributed by atoms with Crippen molar-refractivity contribution in [2.45, 2.75) is 38.8 Å². The summed E-state index contributed by atoms with van der Waals surface area (Å²) in [5.74, 6) is 1.93. The highest BCUT2D eigenvalue weighted by Crippen LogP contribution is 2.40. The van der Waals surface area contributed by atoms with E-state index in [9.17, 15) is 4.79 Å². The molecule has 1 unspecified atom stereocenters. The van der Waals surface area contributed by atoms with Crippen molar-refractivity contribution in [3.8, 4) is 28.5 Å². The molecule has 31 heavy (non-hydrogen) atoms. The number of benzene rings is 2. The van der Waals surface area contributed by atoms with Crippen LogP contribution in [0.25, 0.3) is 11.3 Å². The summed E-state index contributed by atoms with van der Waals surface area (Å²) in [6, 6.07) is 13.1. The zero-order valence-electron chi connectivity index (χ0n) is 18.4. The number of nitrogens with zero attached hydrogens (tertiary/aromatic N) is 1. The van der Waals surface area contributed by atoms with Crippen molar-refractivity contribution in [2.24, 2.45) is 0 Å². The van der Waals surface area contributed by atoms with E-state index in [-0.39, 0.29) is 17.6 Å². The summed E-state index contributed by atoms with van der Waals surface area (Å²) in [4.78, 5) is 13.2. The molecule has 4 rings (SSSR count). The number of nitrogens with one attached hydrogen (secondary N) is 2. The summed E-state index contributed by atoms with van der Waals surface area (Å²) in [6.45, 7) is 5.92. The number of ether oxygens (including phenoxy) is 3. The molecule has 3 aromatic rings. The van der Waals surface area contributed by atoms with Gasteiger partial charge < -0.3 is 19.5 Å². The van der Waals surface area contributed by atoms with Crippen LogP contribution in [0, 0.1) is 6.92 Å². The minimum absolute atomic E-state index is 0.162. The molecule has 1 atom stereocenters. The minimum atomic E-state index is -0.381. The molecule has 2 aromatic carbocycles. The van der Waals surface area contributed by atoms with Gasteiger partial charge in [-0.2, -0.15) is 5.10 Å². The summed E-state index contributed by atoms with van der Waals surface area (Å²) < 4.78 is 16.9. The fourth-order valence-electron chi connectivity index (χ4n) is 4.04. The first-order chi connectivity index (χ1) is 14.8. The van der Waals surface area contributed by atoms with Crippen LogP contribution in [0.2, 0.25) is 0 Å². The van der Waals surface area contributed by atoms with Crippen molar-refractivity contribution in [2.75, 3.05) is 14.2 Å². The summed E-state index contributed by atoms with van der Waals surface area (Å²) in [6.07, 6.45) is 0.666. The molecule has 0 saturated heterocycles. The molecule has 0 radical (unpaired) electrons. The van der Waals surface area contributed by atoms with E-state index in [0.29, 0.717) is 29.3 Å². The van der Waals surface area contributed by atoms with E-state index in [2.05, 4.69) is 15.5 Å². The summed E-state index contributed by atoms with van der Waals surface area (Å²) in [5.41, 5.74) is 3.15. The number of fused-ring (bicyclic) bond motifs is 1. The van der Waals surface area contributed by atoms with Gasteiger partial charge in [-0.15, -0.1) is 0 Å². The molecule has 0 aliphatic carbocycles. The van der Waals surface area contributed by atoms with Crippen molar-refractivity contribution < 1.29 is 19.0 Å². The Balaban J connectivity index is 1.64. The predicted octanol–water partition coefficient (Wildman–Crippen LogP) is 4.43. The van der Waals surface area contributed by atoms with E-state index in [4.69, 9.17) is 14.2 Å². The molecule has 0 spiro atoms. The monoisotopic (exact) mass is 421 g/mol. The van der Waals surface area contributed by atoms with Gasteiger partial charge >= 0.3 is 0 Å². The molecule has 1 aromatic heterocycles. The lowest BCUT2D eigenvalue weighted by molar-refractivity contribution is 0.0618. The highest BCUT2D eigenvalue weighted by atomic mass is 16.5. The van der Waals surface area contributed by atoms with Crippen LogP contribution in [0.5, 0.6) is 17.2 Å². The number of carbonyl (C=O) groups is 1. The fraction of sp³-hybridized carbons (Fsp3) is 0.333. The van der Waals surface area contributed by atoms with Crippen molar-refractivity contribution in [1.29, 1.82) is 0 Å². The van der Waals surface area contributed by atoms with Gasteiger partial charge in [-0.05, 0) is 45.0 Å². The van der Waals surface area contributed by atoms with E-state index < -0.39 is 0 Å². The maximum atomic E-state index is 13.2. The van der Waals surface area contributed by atoms with Gasteiger partial charge in [0.25, 0.3) is 5.91 Å². The van der Waals surface area contributed by atoms with Crippen LogP contribution in [0.4, 0.5) is 0 Å². The van der Waals surface area contributed by atoms with Crippen LogP contribution < -0.4 is 19.5 Å². The standard InChI is InChI=1S/C24H27N3O4/c1-14-21(17-12-15(29-4)10-11-19(17)30-5)26-27-22(14)23(28)25-18-13-24(2,3)31-20-9-7-6-8-16(18)20/h6-12,18H,13H2,1-5H3,(H,25,28)(H,26,27). The van der Waals surface area contributed by atoms with Crippen LogP contribution in [0.1, 0.15) is 47.9 Å². The first kappa shape index (κ1) is 20.8. The zero-order chi connectivity index (χ0) is 22.2. The van der Waals surface area contributed by atoms with Gasteiger partial charge in [-0.1, -0.05) is 18.2 Å². The number of aromatic nitrogens is 2. The summed E-state index contributed by atoms with van der Waals surface area (Å²) in [5, 5.41) is 10.5. The van der Waals surface area contributed by atoms with Crippen molar-refractivity contribution in [3.05, 3.63) is 59.3 Å². The Kier molecular flexibility index (Phi) is 5.35. The number of amides is 1. The molecule has 2 N–H and O–H groups in total. The molecule has 162 valence electrons. The van der Waals surface area contributed by atoms with Gasteiger partial charge in [0.15, 0.2) is 0 Å². The smallest absolute Gasteiger partial charge is 0.270 e. The second kappa shape index (κ2) is 7.98. The lowest BCUT2D eigenvalue weighted by Gasteiger charge is -2.37. The van der Waals surface area contributed by atoms with Crippen molar-refractivity contribution in [1.82, 2.24) is 15.5 Å². The van der Waals surface area contributed by atoms with Crippen LogP contribution in [-0.4, -0.2) is 35.9 Å². The lowest BCUT2D eigenvalue weighted by atomic mass is 9.89. The molecule has 1 aliphatic heterocycles. The fourth-order valence-corrected chi connectivity index (χ4v) is 4.04. The predicted molar refractivity (Wildman–Crippen MR) is 118 cm³/mol. The number of methoxy groups -OCH3 is 2. The van der Waals surface area contributed by atoms with E-state index in [1.54, 1.807) is 14.2 Å². The van der Waals surface area contributed by atoms with E-state index in [1.165, 1.54) is 0 Å². The third kappa shape index (κ3) is 3.95. The number of aromatic amines is 1. The Morgan fingerprint density at radius 1 is 1.19 bits per heavy atom. The molecular weight excluding hydrogens is 394 g/mol. The number of rotatable bonds is 5. The van der Waals surface area contributed by atoms with Gasteiger partial charge in [-0.25, -0.2) is 0 Å². The van der Waals surface area contributed by atoms with Crippen molar-refractivity contribution in [3.63, 3.8) is 0 Å². The highest BCUT2D eigenvalue weighted by Gasteiger charge is 2.35. The average Bonchev–Trinajstić information content (AvgIpc) is 3.13. The summed E-state index contributed by atoms with van der Waals surface area (Å²) in [7, 11) is 3.21. The van der Waals surface area contributed by atoms with E-state index in [1.807, 2.05) is 63.2 Å². The Morgan fingerprint density at radius 3 is 2.71 bits per heavy atom. The number of para-hydroxylation sites is 1. The number of hydrogen-bond donors (Lipinski definition) is 2. The van der Waals surface area contributed by atoms with Crippen LogP contribution in [-0.2, 0) is 0 Å². The number of H-pyrrole nitrogens is 1. The maximum absolute atomic E-state index is 13.2. The maximum Gasteiger partial charge on any atom is 0.270 e. The Hall–Kier alpha value is -3.48. The van der Waals surface area contributed by atoms with Gasteiger partial charge in [0.1, 0.15) is 28.5 Å². The molecule has 1 amide bonds. The third-order valence-electron chi connectivity index (χ3n) is 5.58. The summed E-state index contributed by atoms with van der Waals surface area (Å²) >= 11 is 0. The molecule has 1 aliphatic rings. The Labute approximate surface area is 181 Å². The molecule has 7 nitrogen and oxygen atoms in total. The largest absolute Gasteiger partial charge is 0.497 e. The molecular formula is C24H27N3O4. The SMILES string of the molecule is COc1ccc(OC)c(-c2n[nH]c(C(=O)NC3CC(C)(C)Oc4ccccc43)c2C)c1. The van der Waals surface area contributed by atoms with E-state index >= 15 is 0 Å². The first-order valence-corrected chi connectivity index (χ1v) is 10.2. The number of carbonyl (C=O) groups excluding carboxylic acids is 1. The lowest BCUT2D eigenvalue weighted by Crippen LogP contribution is -2.41. The molecule has 0 saturated carbocycles. The minimum Gasteiger partial charge on any atom is -0.497 e. The topological polar surface area (TPSA) is 85.5 Å². The van der Waals surface area contributed by atoms with E-state index in [0.717, 1.165) is 22.4 Å². The third-order valence-corrected chi connectivity index (χ3v) is 5.58. The highest BCUT2D eigenvalue weighted by molar-refractivity contribution is 5.96. The normalized spacial score (nSPS) is 16.7.